The molecule has 2 N–H and O–H groups in total. The summed E-state index contributed by atoms with van der Waals surface area (Å²) in [5, 5.41) is 18.4. The van der Waals surface area contributed by atoms with Gasteiger partial charge < -0.3 is 15.1 Å². The Kier molecular flexibility index (Phi) is 5.44. The Labute approximate surface area is 192 Å². The summed E-state index contributed by atoms with van der Waals surface area (Å²) < 4.78 is 0. The summed E-state index contributed by atoms with van der Waals surface area (Å²) in [7, 11) is 0. The van der Waals surface area contributed by atoms with Gasteiger partial charge in [-0.2, -0.15) is 0 Å². The van der Waals surface area contributed by atoms with Crippen molar-refractivity contribution in [2.75, 3.05) is 13.1 Å². The molecule has 1 atom stereocenters. The van der Waals surface area contributed by atoms with Crippen LogP contribution in [0.4, 0.5) is 0 Å². The van der Waals surface area contributed by atoms with E-state index in [2.05, 4.69) is 37.9 Å². The lowest BCUT2D eigenvalue weighted by atomic mass is 9.58. The Bertz CT molecular complexity index is 1210. The summed E-state index contributed by atoms with van der Waals surface area (Å²) in [5.41, 5.74) is 3.32. The van der Waals surface area contributed by atoms with Crippen LogP contribution in [0.1, 0.15) is 63.8 Å². The fourth-order valence-electron chi connectivity index (χ4n) is 5.21. The highest BCUT2D eigenvalue weighted by molar-refractivity contribution is 5.97. The molecule has 0 unspecified atom stereocenters. The Morgan fingerprint density at radius 3 is 2.18 bits per heavy atom. The molecule has 0 fully saturated rings. The van der Waals surface area contributed by atoms with Gasteiger partial charge in [0.25, 0.3) is 5.91 Å². The first kappa shape index (κ1) is 22.5. The third kappa shape index (κ3) is 3.95. The van der Waals surface area contributed by atoms with E-state index in [1.165, 1.54) is 24.0 Å². The summed E-state index contributed by atoms with van der Waals surface area (Å²) in [6.45, 7) is 7.40. The number of aromatic carboxylic acids is 2. The SMILES string of the molecule is CC1(C)C(c2ccc(C(=O)O)cc2)=CC[C@]2(C)CN(C(=O)c3cncc(C(=O)O)c3)CC=C12. The number of hydrogen-bond acceptors (Lipinski definition) is 4. The summed E-state index contributed by atoms with van der Waals surface area (Å²) >= 11 is 0. The quantitative estimate of drug-likeness (QED) is 0.675. The van der Waals surface area contributed by atoms with Crippen LogP contribution >= 0.6 is 0 Å². The van der Waals surface area contributed by atoms with Crippen LogP contribution in [0.2, 0.25) is 0 Å². The molecule has 7 nitrogen and oxygen atoms in total. The molecule has 4 rings (SSSR count). The second-order valence-corrected chi connectivity index (χ2v) is 9.46. The van der Waals surface area contributed by atoms with Gasteiger partial charge in [-0.3, -0.25) is 9.78 Å². The molecule has 1 aliphatic carbocycles. The fraction of sp³-hybridized carbons (Fsp3) is 0.308. The molecule has 170 valence electrons. The van der Waals surface area contributed by atoms with Gasteiger partial charge >= 0.3 is 11.9 Å². The molecule has 33 heavy (non-hydrogen) atoms. The molecule has 0 radical (unpaired) electrons. The van der Waals surface area contributed by atoms with Crippen molar-refractivity contribution in [1.82, 2.24) is 9.88 Å². The summed E-state index contributed by atoms with van der Waals surface area (Å²) in [6.07, 6.45) is 7.66. The second-order valence-electron chi connectivity index (χ2n) is 9.46. The van der Waals surface area contributed by atoms with E-state index in [-0.39, 0.29) is 33.4 Å². The van der Waals surface area contributed by atoms with Crippen molar-refractivity contribution >= 4 is 23.4 Å². The number of hydrogen-bond donors (Lipinski definition) is 2. The number of carbonyl (C=O) groups excluding carboxylic acids is 1. The van der Waals surface area contributed by atoms with Crippen LogP contribution in [0, 0.1) is 10.8 Å². The van der Waals surface area contributed by atoms with Gasteiger partial charge in [0.1, 0.15) is 0 Å². The zero-order valence-electron chi connectivity index (χ0n) is 18.8. The molecule has 7 heteroatoms. The maximum atomic E-state index is 13.1. The van der Waals surface area contributed by atoms with E-state index in [0.29, 0.717) is 13.1 Å². The van der Waals surface area contributed by atoms with Crippen LogP contribution in [0.25, 0.3) is 5.57 Å². The first-order chi connectivity index (χ1) is 15.5. The number of amides is 1. The topological polar surface area (TPSA) is 108 Å². The van der Waals surface area contributed by atoms with Gasteiger partial charge in [0.05, 0.1) is 16.7 Å². The maximum absolute atomic E-state index is 13.1. The smallest absolute Gasteiger partial charge is 0.337 e. The average Bonchev–Trinajstić information content (AvgIpc) is 2.78. The minimum atomic E-state index is -1.12. The molecule has 0 spiro atoms. The fourth-order valence-corrected chi connectivity index (χ4v) is 5.21. The van der Waals surface area contributed by atoms with Gasteiger partial charge in [0.15, 0.2) is 0 Å². The van der Waals surface area contributed by atoms with Crippen LogP contribution < -0.4 is 0 Å². The first-order valence-electron chi connectivity index (χ1n) is 10.8. The van der Waals surface area contributed by atoms with Crippen molar-refractivity contribution in [3.05, 3.63) is 82.7 Å². The third-order valence-corrected chi connectivity index (χ3v) is 6.77. The molecule has 0 saturated carbocycles. The highest BCUT2D eigenvalue weighted by Crippen LogP contribution is 2.55. The van der Waals surface area contributed by atoms with Crippen molar-refractivity contribution in [2.45, 2.75) is 27.2 Å². The van der Waals surface area contributed by atoms with E-state index < -0.39 is 11.9 Å². The Hall–Kier alpha value is -3.74. The number of benzene rings is 1. The number of fused-ring (bicyclic) bond motifs is 1. The molecule has 2 aromatic rings. The number of allylic oxidation sites excluding steroid dienone is 2. The zero-order valence-corrected chi connectivity index (χ0v) is 18.8. The second kappa shape index (κ2) is 7.99. The molecular weight excluding hydrogens is 420 g/mol. The lowest BCUT2D eigenvalue weighted by Gasteiger charge is -2.50. The Balaban J connectivity index is 1.62. The molecule has 1 aromatic heterocycles. The molecule has 2 heterocycles. The molecule has 2 aliphatic rings. The van der Waals surface area contributed by atoms with Crippen molar-refractivity contribution in [3.8, 4) is 0 Å². The third-order valence-electron chi connectivity index (χ3n) is 6.77. The van der Waals surface area contributed by atoms with Crippen LogP contribution in [-0.2, 0) is 0 Å². The van der Waals surface area contributed by atoms with Gasteiger partial charge in [-0.1, -0.05) is 50.6 Å². The van der Waals surface area contributed by atoms with Crippen molar-refractivity contribution in [2.24, 2.45) is 10.8 Å². The monoisotopic (exact) mass is 446 g/mol. The van der Waals surface area contributed by atoms with Gasteiger partial charge in [-0.05, 0) is 35.8 Å². The number of carboxylic acid groups (broad SMARTS) is 2. The van der Waals surface area contributed by atoms with Gasteiger partial charge in [-0.25, -0.2) is 9.59 Å². The molecule has 1 aliphatic heterocycles. The highest BCUT2D eigenvalue weighted by atomic mass is 16.4. The molecule has 0 bridgehead atoms. The van der Waals surface area contributed by atoms with E-state index in [1.54, 1.807) is 17.0 Å². The van der Waals surface area contributed by atoms with E-state index in [0.717, 1.165) is 17.6 Å². The van der Waals surface area contributed by atoms with E-state index in [1.807, 2.05) is 12.1 Å². The molecule has 0 saturated heterocycles. The predicted molar refractivity (Wildman–Crippen MR) is 123 cm³/mol. The Morgan fingerprint density at radius 1 is 0.909 bits per heavy atom. The zero-order chi connectivity index (χ0) is 24.0. The standard InChI is InChI=1S/C26H26N2O5/c1-25(2)20(16-4-6-17(7-5-16)23(30)31)8-10-26(3)15-28(11-9-21(25)26)22(29)18-12-19(24(32)33)14-27-13-18/h4-9,12-14H,10-11,15H2,1-3H3,(H,30,31)(H,32,33)/t26-/m1/s1. The highest BCUT2D eigenvalue weighted by Gasteiger charge is 2.46. The van der Waals surface area contributed by atoms with E-state index in [4.69, 9.17) is 0 Å². The van der Waals surface area contributed by atoms with E-state index >= 15 is 0 Å². The van der Waals surface area contributed by atoms with Gasteiger partial charge in [-0.15, -0.1) is 0 Å². The van der Waals surface area contributed by atoms with Crippen LogP contribution in [0.3, 0.4) is 0 Å². The van der Waals surface area contributed by atoms with Crippen molar-refractivity contribution < 1.29 is 24.6 Å². The van der Waals surface area contributed by atoms with Crippen molar-refractivity contribution in [3.63, 3.8) is 0 Å². The number of nitrogens with zero attached hydrogens (tertiary/aromatic N) is 2. The van der Waals surface area contributed by atoms with Crippen molar-refractivity contribution in [1.29, 1.82) is 0 Å². The molecule has 1 aromatic carbocycles. The Morgan fingerprint density at radius 2 is 1.55 bits per heavy atom. The summed E-state index contributed by atoms with van der Waals surface area (Å²) in [4.78, 5) is 41.2. The minimum Gasteiger partial charge on any atom is -0.478 e. The summed E-state index contributed by atoms with van der Waals surface area (Å²) in [5.74, 6) is -2.30. The number of rotatable bonds is 4. The number of aromatic nitrogens is 1. The predicted octanol–water partition coefficient (Wildman–Crippen LogP) is 4.38. The minimum absolute atomic E-state index is 0.0133. The van der Waals surface area contributed by atoms with Gasteiger partial charge in [0.2, 0.25) is 0 Å². The number of carbonyl (C=O) groups is 3. The maximum Gasteiger partial charge on any atom is 0.337 e. The number of pyridine rings is 1. The lowest BCUT2D eigenvalue weighted by Crippen LogP contribution is -2.48. The lowest BCUT2D eigenvalue weighted by molar-refractivity contribution is 0.0676. The molecule has 1 amide bonds. The van der Waals surface area contributed by atoms with E-state index in [9.17, 15) is 24.6 Å². The van der Waals surface area contributed by atoms with Gasteiger partial charge in [0, 0.05) is 36.3 Å². The van der Waals surface area contributed by atoms with Crippen LogP contribution in [0.15, 0.2) is 60.5 Å². The summed E-state index contributed by atoms with van der Waals surface area (Å²) in [6, 6.07) is 8.31. The average molecular weight is 447 g/mol. The van der Waals surface area contributed by atoms with Crippen LogP contribution in [-0.4, -0.2) is 51.0 Å². The first-order valence-corrected chi connectivity index (χ1v) is 10.8. The normalized spacial score (nSPS) is 21.5. The molecular formula is C26H26N2O5. The number of carboxylic acids is 2. The largest absolute Gasteiger partial charge is 0.478 e. The van der Waals surface area contributed by atoms with Crippen LogP contribution in [0.5, 0.6) is 0 Å².